The number of rotatable bonds is 4. The Morgan fingerprint density at radius 1 is 1.10 bits per heavy atom. The number of nitrogens with one attached hydrogen (secondary N) is 1. The van der Waals surface area contributed by atoms with Crippen LogP contribution < -0.4 is 5.32 Å². The van der Waals surface area contributed by atoms with E-state index in [1.165, 1.54) is 64.5 Å². The van der Waals surface area contributed by atoms with Crippen molar-refractivity contribution < 1.29 is 9.47 Å². The Hall–Kier alpha value is -0.120. The number of hydrogen-bond donors (Lipinski definition) is 1. The zero-order chi connectivity index (χ0) is 13.7. The predicted octanol–water partition coefficient (Wildman–Crippen LogP) is 3.27. The maximum atomic E-state index is 6.21. The van der Waals surface area contributed by atoms with Crippen LogP contribution in [0.5, 0.6) is 0 Å². The van der Waals surface area contributed by atoms with E-state index in [1.54, 1.807) is 0 Å². The molecule has 116 valence electrons. The third kappa shape index (κ3) is 3.96. The molecule has 3 fully saturated rings. The smallest absolute Gasteiger partial charge is 0.0707 e. The van der Waals surface area contributed by atoms with Gasteiger partial charge in [0.2, 0.25) is 0 Å². The van der Waals surface area contributed by atoms with E-state index in [-0.39, 0.29) is 5.60 Å². The summed E-state index contributed by atoms with van der Waals surface area (Å²) in [6, 6.07) is 0. The molecule has 3 rings (SSSR count). The Morgan fingerprint density at radius 3 is 2.80 bits per heavy atom. The molecule has 1 spiro atoms. The lowest BCUT2D eigenvalue weighted by Gasteiger charge is -2.43. The molecule has 1 N–H and O–H groups in total. The van der Waals surface area contributed by atoms with Crippen LogP contribution in [0, 0.1) is 5.92 Å². The van der Waals surface area contributed by atoms with Crippen molar-refractivity contribution in [3.63, 3.8) is 0 Å². The normalized spacial score (nSPS) is 34.2. The first-order valence-corrected chi connectivity index (χ1v) is 8.83. The van der Waals surface area contributed by atoms with Crippen LogP contribution in [-0.4, -0.2) is 38.0 Å². The zero-order valence-corrected chi connectivity index (χ0v) is 12.9. The van der Waals surface area contributed by atoms with E-state index in [4.69, 9.17) is 9.47 Å². The van der Waals surface area contributed by atoms with E-state index >= 15 is 0 Å². The molecule has 2 heterocycles. The molecule has 0 aromatic carbocycles. The summed E-state index contributed by atoms with van der Waals surface area (Å²) in [4.78, 5) is 0. The summed E-state index contributed by atoms with van der Waals surface area (Å²) in [5, 5.41) is 3.49. The van der Waals surface area contributed by atoms with E-state index in [0.717, 1.165) is 32.0 Å². The summed E-state index contributed by atoms with van der Waals surface area (Å²) in [5.74, 6) is 0.840. The van der Waals surface area contributed by atoms with Crippen molar-refractivity contribution in [3.05, 3.63) is 0 Å². The van der Waals surface area contributed by atoms with Crippen LogP contribution in [0.25, 0.3) is 0 Å². The van der Waals surface area contributed by atoms with Gasteiger partial charge >= 0.3 is 0 Å². The van der Waals surface area contributed by atoms with Crippen LogP contribution in [0.4, 0.5) is 0 Å². The minimum absolute atomic E-state index is 0.188. The minimum atomic E-state index is 0.188. The highest BCUT2D eigenvalue weighted by Crippen LogP contribution is 2.39. The predicted molar refractivity (Wildman–Crippen MR) is 81.0 cm³/mol. The van der Waals surface area contributed by atoms with Crippen molar-refractivity contribution >= 4 is 0 Å². The fraction of sp³-hybridized carbons (Fsp3) is 1.00. The van der Waals surface area contributed by atoms with E-state index in [0.29, 0.717) is 6.10 Å². The van der Waals surface area contributed by atoms with Crippen molar-refractivity contribution in [2.45, 2.75) is 75.9 Å². The van der Waals surface area contributed by atoms with Gasteiger partial charge < -0.3 is 14.8 Å². The fourth-order valence-corrected chi connectivity index (χ4v) is 4.24. The molecule has 0 aromatic heterocycles. The first-order valence-electron chi connectivity index (χ1n) is 8.83. The van der Waals surface area contributed by atoms with E-state index in [1.807, 2.05) is 0 Å². The van der Waals surface area contributed by atoms with Gasteiger partial charge in [0.25, 0.3) is 0 Å². The highest BCUT2D eigenvalue weighted by molar-refractivity contribution is 4.90. The van der Waals surface area contributed by atoms with Crippen molar-refractivity contribution in [2.75, 3.05) is 26.3 Å². The third-order valence-corrected chi connectivity index (χ3v) is 5.49. The van der Waals surface area contributed by atoms with Crippen LogP contribution in [0.1, 0.15) is 64.2 Å². The Balaban J connectivity index is 1.38. The summed E-state index contributed by atoms with van der Waals surface area (Å²) in [7, 11) is 0. The number of hydrogen-bond acceptors (Lipinski definition) is 3. The quantitative estimate of drug-likeness (QED) is 0.858. The van der Waals surface area contributed by atoms with E-state index < -0.39 is 0 Å². The highest BCUT2D eigenvalue weighted by Gasteiger charge is 2.38. The van der Waals surface area contributed by atoms with Crippen LogP contribution in [0.3, 0.4) is 0 Å². The molecule has 0 aromatic rings. The lowest BCUT2D eigenvalue weighted by molar-refractivity contribution is -0.149. The van der Waals surface area contributed by atoms with Gasteiger partial charge in [0.1, 0.15) is 0 Å². The molecule has 0 bridgehead atoms. The Bertz CT molecular complexity index is 277. The lowest BCUT2D eigenvalue weighted by atomic mass is 9.79. The Kier molecular flexibility index (Phi) is 5.36. The van der Waals surface area contributed by atoms with Gasteiger partial charge in [-0.25, -0.2) is 0 Å². The summed E-state index contributed by atoms with van der Waals surface area (Å²) in [6.07, 6.45) is 13.3. The minimum Gasteiger partial charge on any atom is -0.378 e. The van der Waals surface area contributed by atoms with Crippen LogP contribution >= 0.6 is 0 Å². The molecule has 1 aliphatic carbocycles. The first kappa shape index (κ1) is 14.8. The molecule has 0 amide bonds. The molecular weight excluding hydrogens is 250 g/mol. The Labute approximate surface area is 123 Å². The molecule has 20 heavy (non-hydrogen) atoms. The zero-order valence-electron chi connectivity index (χ0n) is 12.9. The van der Waals surface area contributed by atoms with Crippen LogP contribution in [0.2, 0.25) is 0 Å². The summed E-state index contributed by atoms with van der Waals surface area (Å²) in [6.45, 7) is 4.27. The largest absolute Gasteiger partial charge is 0.378 e. The first-order chi connectivity index (χ1) is 9.86. The topological polar surface area (TPSA) is 30.5 Å². The highest BCUT2D eigenvalue weighted by atomic mass is 16.5. The average Bonchev–Trinajstić information content (AvgIpc) is 2.49. The van der Waals surface area contributed by atoms with Gasteiger partial charge in [-0.05, 0) is 57.5 Å². The molecule has 1 saturated carbocycles. The second-order valence-electron chi connectivity index (χ2n) is 7.08. The maximum Gasteiger partial charge on any atom is 0.0707 e. The standard InChI is InChI=1S/C17H31NO2/c1-2-8-17(9-3-1)13-16(7-12-20-17)19-11-6-15-5-4-10-18-14-15/h15-16,18H,1-14H2. The number of piperidine rings is 1. The molecule has 2 unspecified atom stereocenters. The third-order valence-electron chi connectivity index (χ3n) is 5.49. The Morgan fingerprint density at radius 2 is 2.00 bits per heavy atom. The van der Waals surface area contributed by atoms with Crippen molar-refractivity contribution in [1.82, 2.24) is 5.32 Å². The molecule has 2 aliphatic heterocycles. The van der Waals surface area contributed by atoms with Crippen LogP contribution in [0.15, 0.2) is 0 Å². The summed E-state index contributed by atoms with van der Waals surface area (Å²) >= 11 is 0. The van der Waals surface area contributed by atoms with Crippen molar-refractivity contribution in [1.29, 1.82) is 0 Å². The van der Waals surface area contributed by atoms with Gasteiger partial charge in [0.05, 0.1) is 11.7 Å². The van der Waals surface area contributed by atoms with Gasteiger partial charge in [0, 0.05) is 19.6 Å². The number of ether oxygens (including phenoxy) is 2. The van der Waals surface area contributed by atoms with E-state index in [2.05, 4.69) is 5.32 Å². The van der Waals surface area contributed by atoms with Crippen molar-refractivity contribution in [2.24, 2.45) is 5.92 Å². The second kappa shape index (κ2) is 7.24. The monoisotopic (exact) mass is 281 g/mol. The molecule has 3 aliphatic rings. The molecule has 2 saturated heterocycles. The molecule has 0 radical (unpaired) electrons. The molecule has 3 heteroatoms. The molecule has 3 nitrogen and oxygen atoms in total. The second-order valence-corrected chi connectivity index (χ2v) is 7.08. The van der Waals surface area contributed by atoms with Gasteiger partial charge in [-0.3, -0.25) is 0 Å². The maximum absolute atomic E-state index is 6.21. The summed E-state index contributed by atoms with van der Waals surface area (Å²) < 4.78 is 12.3. The average molecular weight is 281 g/mol. The molecular formula is C17H31NO2. The van der Waals surface area contributed by atoms with Gasteiger partial charge in [0.15, 0.2) is 0 Å². The van der Waals surface area contributed by atoms with Gasteiger partial charge in [-0.2, -0.15) is 0 Å². The summed E-state index contributed by atoms with van der Waals surface area (Å²) in [5.41, 5.74) is 0.188. The fourth-order valence-electron chi connectivity index (χ4n) is 4.24. The van der Waals surface area contributed by atoms with Gasteiger partial charge in [-0.15, -0.1) is 0 Å². The van der Waals surface area contributed by atoms with Crippen LogP contribution in [-0.2, 0) is 9.47 Å². The lowest BCUT2D eigenvalue weighted by Crippen LogP contribution is -2.44. The van der Waals surface area contributed by atoms with E-state index in [9.17, 15) is 0 Å². The SMILES string of the molecule is C1CCC2(CC1)CC(OCCC1CCCNC1)CCO2. The van der Waals surface area contributed by atoms with Gasteiger partial charge in [-0.1, -0.05) is 19.3 Å². The van der Waals surface area contributed by atoms with Crippen molar-refractivity contribution in [3.8, 4) is 0 Å². The molecule has 2 atom stereocenters.